The van der Waals surface area contributed by atoms with Gasteiger partial charge in [0.05, 0.1) is 6.61 Å². The van der Waals surface area contributed by atoms with E-state index < -0.39 is 5.54 Å². The van der Waals surface area contributed by atoms with Crippen molar-refractivity contribution < 1.29 is 9.53 Å². The van der Waals surface area contributed by atoms with Gasteiger partial charge < -0.3 is 10.1 Å². The SMILES string of the molecule is CCOC(=O)C1(NC)CCC2(CCCC2)CC1. The van der Waals surface area contributed by atoms with E-state index in [1.165, 1.54) is 38.5 Å². The summed E-state index contributed by atoms with van der Waals surface area (Å²) in [6.45, 7) is 2.36. The quantitative estimate of drug-likeness (QED) is 0.769. The third kappa shape index (κ3) is 2.35. The average molecular weight is 239 g/mol. The van der Waals surface area contributed by atoms with Crippen LogP contribution in [0.25, 0.3) is 0 Å². The Morgan fingerprint density at radius 1 is 1.12 bits per heavy atom. The highest BCUT2D eigenvalue weighted by atomic mass is 16.5. The molecule has 17 heavy (non-hydrogen) atoms. The largest absolute Gasteiger partial charge is 0.465 e. The lowest BCUT2D eigenvalue weighted by molar-refractivity contribution is -0.153. The van der Waals surface area contributed by atoms with Gasteiger partial charge in [0.25, 0.3) is 0 Å². The van der Waals surface area contributed by atoms with Gasteiger partial charge in [-0.25, -0.2) is 0 Å². The van der Waals surface area contributed by atoms with Crippen LogP contribution in [-0.4, -0.2) is 25.2 Å². The summed E-state index contributed by atoms with van der Waals surface area (Å²) in [5.74, 6) is -0.0460. The van der Waals surface area contributed by atoms with Crippen molar-refractivity contribution in [2.45, 2.75) is 63.8 Å². The van der Waals surface area contributed by atoms with Crippen LogP contribution >= 0.6 is 0 Å². The van der Waals surface area contributed by atoms with Gasteiger partial charge in [-0.05, 0) is 57.9 Å². The number of carbonyl (C=O) groups is 1. The Balaban J connectivity index is 2.01. The first-order valence-corrected chi connectivity index (χ1v) is 7.03. The molecule has 3 heteroatoms. The topological polar surface area (TPSA) is 38.3 Å². The van der Waals surface area contributed by atoms with Gasteiger partial charge in [0, 0.05) is 0 Å². The van der Waals surface area contributed by atoms with E-state index in [9.17, 15) is 4.79 Å². The highest BCUT2D eigenvalue weighted by molar-refractivity contribution is 5.81. The molecule has 3 nitrogen and oxygen atoms in total. The van der Waals surface area contributed by atoms with Gasteiger partial charge in [0.2, 0.25) is 0 Å². The first kappa shape index (κ1) is 12.9. The average Bonchev–Trinajstić information content (AvgIpc) is 2.80. The molecule has 0 aliphatic heterocycles. The summed E-state index contributed by atoms with van der Waals surface area (Å²) in [7, 11) is 1.89. The lowest BCUT2D eigenvalue weighted by Crippen LogP contribution is -2.54. The Labute approximate surface area is 104 Å². The molecule has 1 spiro atoms. The summed E-state index contributed by atoms with van der Waals surface area (Å²) in [5, 5.41) is 3.23. The van der Waals surface area contributed by atoms with Crippen molar-refractivity contribution in [1.82, 2.24) is 5.32 Å². The number of nitrogens with one attached hydrogen (secondary N) is 1. The van der Waals surface area contributed by atoms with Crippen molar-refractivity contribution in [2.24, 2.45) is 5.41 Å². The zero-order valence-corrected chi connectivity index (χ0v) is 11.2. The molecule has 0 aromatic carbocycles. The van der Waals surface area contributed by atoms with E-state index in [0.29, 0.717) is 12.0 Å². The summed E-state index contributed by atoms with van der Waals surface area (Å²) >= 11 is 0. The number of ether oxygens (including phenoxy) is 1. The van der Waals surface area contributed by atoms with Gasteiger partial charge >= 0.3 is 5.97 Å². The zero-order chi connectivity index (χ0) is 12.4. The van der Waals surface area contributed by atoms with Crippen LogP contribution in [0.1, 0.15) is 58.3 Å². The summed E-state index contributed by atoms with van der Waals surface area (Å²) in [6, 6.07) is 0. The van der Waals surface area contributed by atoms with E-state index in [1.807, 2.05) is 14.0 Å². The molecular weight excluding hydrogens is 214 g/mol. The molecule has 0 aromatic heterocycles. The molecule has 0 radical (unpaired) electrons. The molecule has 2 saturated carbocycles. The molecule has 0 unspecified atom stereocenters. The van der Waals surface area contributed by atoms with Crippen molar-refractivity contribution in [3.63, 3.8) is 0 Å². The van der Waals surface area contributed by atoms with Crippen molar-refractivity contribution in [1.29, 1.82) is 0 Å². The van der Waals surface area contributed by atoms with Crippen molar-refractivity contribution in [2.75, 3.05) is 13.7 Å². The molecule has 0 amide bonds. The van der Waals surface area contributed by atoms with Crippen LogP contribution in [0.4, 0.5) is 0 Å². The minimum Gasteiger partial charge on any atom is -0.465 e. The fourth-order valence-electron chi connectivity index (χ4n) is 3.66. The number of hydrogen-bond acceptors (Lipinski definition) is 3. The molecule has 2 aliphatic carbocycles. The maximum absolute atomic E-state index is 12.1. The number of carbonyl (C=O) groups excluding carboxylic acids is 1. The lowest BCUT2D eigenvalue weighted by atomic mass is 9.66. The van der Waals surface area contributed by atoms with Crippen molar-refractivity contribution >= 4 is 5.97 Å². The Bertz CT molecular complexity index is 272. The standard InChI is InChI=1S/C14H25NO2/c1-3-17-12(16)14(15-2)10-8-13(9-11-14)6-4-5-7-13/h15H,3-11H2,1-2H3. The lowest BCUT2D eigenvalue weighted by Gasteiger charge is -2.43. The van der Waals surface area contributed by atoms with Gasteiger partial charge in [-0.2, -0.15) is 0 Å². The second-order valence-corrected chi connectivity index (χ2v) is 5.76. The van der Waals surface area contributed by atoms with Crippen LogP contribution in [0.3, 0.4) is 0 Å². The van der Waals surface area contributed by atoms with Crippen LogP contribution in [0.5, 0.6) is 0 Å². The molecule has 2 rings (SSSR count). The Morgan fingerprint density at radius 2 is 1.71 bits per heavy atom. The van der Waals surface area contributed by atoms with E-state index >= 15 is 0 Å². The summed E-state index contributed by atoms with van der Waals surface area (Å²) < 4.78 is 5.23. The van der Waals surface area contributed by atoms with Gasteiger partial charge in [-0.15, -0.1) is 0 Å². The van der Waals surface area contributed by atoms with Crippen LogP contribution < -0.4 is 5.32 Å². The molecule has 2 fully saturated rings. The maximum atomic E-state index is 12.1. The Morgan fingerprint density at radius 3 is 2.18 bits per heavy atom. The highest BCUT2D eigenvalue weighted by Gasteiger charge is 2.47. The van der Waals surface area contributed by atoms with Crippen LogP contribution in [-0.2, 0) is 9.53 Å². The first-order chi connectivity index (χ1) is 8.16. The third-order valence-corrected chi connectivity index (χ3v) is 4.97. The predicted molar refractivity (Wildman–Crippen MR) is 67.8 cm³/mol. The normalized spacial score (nSPS) is 26.0. The molecule has 0 bridgehead atoms. The molecule has 0 aromatic rings. The third-order valence-electron chi connectivity index (χ3n) is 4.97. The molecule has 2 aliphatic rings. The second-order valence-electron chi connectivity index (χ2n) is 5.76. The zero-order valence-electron chi connectivity index (χ0n) is 11.2. The summed E-state index contributed by atoms with van der Waals surface area (Å²) in [6.07, 6.45) is 9.77. The van der Waals surface area contributed by atoms with E-state index in [0.717, 1.165) is 12.8 Å². The number of esters is 1. The number of rotatable bonds is 3. The molecular formula is C14H25NO2. The van der Waals surface area contributed by atoms with Crippen LogP contribution in [0.15, 0.2) is 0 Å². The Kier molecular flexibility index (Phi) is 3.76. The van der Waals surface area contributed by atoms with E-state index in [2.05, 4.69) is 5.32 Å². The smallest absolute Gasteiger partial charge is 0.326 e. The van der Waals surface area contributed by atoms with Crippen LogP contribution in [0, 0.1) is 5.41 Å². The van der Waals surface area contributed by atoms with Gasteiger partial charge in [-0.3, -0.25) is 4.79 Å². The minimum atomic E-state index is -0.399. The fourth-order valence-corrected chi connectivity index (χ4v) is 3.66. The van der Waals surface area contributed by atoms with Gasteiger partial charge in [0.15, 0.2) is 0 Å². The van der Waals surface area contributed by atoms with Crippen LogP contribution in [0.2, 0.25) is 0 Å². The molecule has 0 atom stereocenters. The van der Waals surface area contributed by atoms with Crippen molar-refractivity contribution in [3.8, 4) is 0 Å². The molecule has 98 valence electrons. The number of hydrogen-bond donors (Lipinski definition) is 1. The number of likely N-dealkylation sites (N-methyl/N-ethyl adjacent to an activating group) is 1. The molecule has 0 heterocycles. The van der Waals surface area contributed by atoms with E-state index in [-0.39, 0.29) is 5.97 Å². The highest BCUT2D eigenvalue weighted by Crippen LogP contribution is 2.51. The monoisotopic (exact) mass is 239 g/mol. The van der Waals surface area contributed by atoms with E-state index in [1.54, 1.807) is 0 Å². The van der Waals surface area contributed by atoms with Gasteiger partial charge in [-0.1, -0.05) is 12.8 Å². The summed E-state index contributed by atoms with van der Waals surface area (Å²) in [5.41, 5.74) is 0.163. The predicted octanol–water partition coefficient (Wildman–Crippen LogP) is 2.64. The van der Waals surface area contributed by atoms with Crippen molar-refractivity contribution in [3.05, 3.63) is 0 Å². The molecule has 1 N–H and O–H groups in total. The second kappa shape index (κ2) is 4.97. The fraction of sp³-hybridized carbons (Fsp3) is 0.929. The van der Waals surface area contributed by atoms with E-state index in [4.69, 9.17) is 4.74 Å². The summed E-state index contributed by atoms with van der Waals surface area (Å²) in [4.78, 5) is 12.1. The van der Waals surface area contributed by atoms with Gasteiger partial charge in [0.1, 0.15) is 5.54 Å². The Hall–Kier alpha value is -0.570. The first-order valence-electron chi connectivity index (χ1n) is 7.03. The maximum Gasteiger partial charge on any atom is 0.326 e. The minimum absolute atomic E-state index is 0.0460. The molecule has 0 saturated heterocycles.